The number of benzene rings is 1. The smallest absolute Gasteiger partial charge is 0.0534 e. The molecule has 0 atom stereocenters. The van der Waals surface area contributed by atoms with Crippen LogP contribution in [0, 0.1) is 0 Å². The second-order valence-electron chi connectivity index (χ2n) is 2.51. The summed E-state index contributed by atoms with van der Waals surface area (Å²) in [6.07, 6.45) is 0. The first-order valence-corrected chi connectivity index (χ1v) is 4.31. The van der Waals surface area contributed by atoms with E-state index in [1.54, 1.807) is 0 Å². The maximum Gasteiger partial charge on any atom is 0.0534 e. The van der Waals surface area contributed by atoms with Gasteiger partial charge in [0.2, 0.25) is 0 Å². The molecule has 0 saturated carbocycles. The molecule has 0 fully saturated rings. The Morgan fingerprint density at radius 2 is 2.00 bits per heavy atom. The van der Waals surface area contributed by atoms with Gasteiger partial charge in [-0.25, -0.2) is 0 Å². The van der Waals surface area contributed by atoms with Gasteiger partial charge in [0.1, 0.15) is 0 Å². The van der Waals surface area contributed by atoms with Gasteiger partial charge in [0.15, 0.2) is 0 Å². The maximum atomic E-state index is 5.23. The van der Waals surface area contributed by atoms with Crippen molar-refractivity contribution in [3.8, 4) is 0 Å². The Labute approximate surface area is 114 Å². The molecule has 0 aliphatic carbocycles. The molecule has 0 spiro atoms. The van der Waals surface area contributed by atoms with E-state index < -0.39 is 0 Å². The molecule has 1 aromatic rings. The molecule has 1 aromatic carbocycles. The fourth-order valence-electron chi connectivity index (χ4n) is 0.804. The van der Waals surface area contributed by atoms with Gasteiger partial charge in [0.05, 0.1) is 11.6 Å². The third-order valence-corrected chi connectivity index (χ3v) is 1.51. The molecule has 5 heteroatoms. The number of hydrogen-bond donors (Lipinski definition) is 1. The summed E-state index contributed by atoms with van der Waals surface area (Å²) in [7, 11) is 0. The number of nitrogens with zero attached hydrogens (tertiary/aromatic N) is 1. The van der Waals surface area contributed by atoms with Gasteiger partial charge in [-0.1, -0.05) is 49.1 Å². The monoisotopic (exact) mass is 284 g/mol. The van der Waals surface area contributed by atoms with Crippen molar-refractivity contribution in [2.24, 2.45) is 5.73 Å². The van der Waals surface area contributed by atoms with Gasteiger partial charge in [0, 0.05) is 32.7 Å². The van der Waals surface area contributed by atoms with Gasteiger partial charge < -0.3 is 16.1 Å². The van der Waals surface area contributed by atoms with Gasteiger partial charge in [0.25, 0.3) is 0 Å². The first-order valence-electron chi connectivity index (χ1n) is 3.90. The van der Waals surface area contributed by atoms with Crippen molar-refractivity contribution < 1.29 is 37.5 Å². The van der Waals surface area contributed by atoms with E-state index in [0.717, 1.165) is 5.56 Å². The number of thiocarbonyl (C=S) groups is 1. The molecule has 73 valence electrons. The van der Waals surface area contributed by atoms with E-state index in [-0.39, 0.29) is 39.3 Å². The summed E-state index contributed by atoms with van der Waals surface area (Å²) in [6, 6.07) is 9.79. The second-order valence-corrected chi connectivity index (χ2v) is 3.04. The molecule has 14 heavy (non-hydrogen) atoms. The molecule has 0 aliphatic rings. The fourth-order valence-corrected chi connectivity index (χ4v) is 0.856. The maximum absolute atomic E-state index is 5.23. The summed E-state index contributed by atoms with van der Waals surface area (Å²) in [5.41, 5.74) is 10.0. The van der Waals surface area contributed by atoms with E-state index in [4.69, 9.17) is 10.6 Å². The van der Waals surface area contributed by atoms with Crippen molar-refractivity contribution in [3.63, 3.8) is 0 Å². The van der Waals surface area contributed by atoms with Crippen LogP contribution in [0.4, 0.5) is 0 Å². The predicted octanol–water partition coefficient (Wildman–Crippen LogP) is 1.78. The predicted molar refractivity (Wildman–Crippen MR) is 56.2 cm³/mol. The van der Waals surface area contributed by atoms with E-state index in [1.165, 1.54) is 0 Å². The van der Waals surface area contributed by atoms with Crippen molar-refractivity contribution in [1.29, 1.82) is 0 Å². The SMILES string of the molecule is NC(=S)C[N-]OCc1ccccc1.[Y]. The van der Waals surface area contributed by atoms with Gasteiger partial charge in [-0.2, -0.15) is 0 Å². The van der Waals surface area contributed by atoms with Gasteiger partial charge in [-0.05, 0) is 5.56 Å². The molecule has 3 nitrogen and oxygen atoms in total. The molecule has 0 aliphatic heterocycles. The van der Waals surface area contributed by atoms with Crippen molar-refractivity contribution in [2.45, 2.75) is 6.61 Å². The zero-order valence-corrected chi connectivity index (χ0v) is 11.4. The largest absolute Gasteiger partial charge is 0.528 e. The van der Waals surface area contributed by atoms with Crippen molar-refractivity contribution in [2.75, 3.05) is 6.54 Å². The van der Waals surface area contributed by atoms with E-state index in [2.05, 4.69) is 17.7 Å². The number of rotatable bonds is 5. The number of hydroxylamine groups is 1. The summed E-state index contributed by atoms with van der Waals surface area (Å²) in [5, 5.41) is 0. The Bertz CT molecular complexity index is 269. The molecule has 1 radical (unpaired) electrons. The second kappa shape index (κ2) is 8.44. The topological polar surface area (TPSA) is 49.4 Å². The molecule has 0 aromatic heterocycles. The Balaban J connectivity index is 0.00000169. The van der Waals surface area contributed by atoms with Crippen molar-refractivity contribution in [1.82, 2.24) is 0 Å². The molecule has 0 unspecified atom stereocenters. The Hall–Kier alpha value is 0.134. The summed E-state index contributed by atoms with van der Waals surface area (Å²) in [5.74, 6) is 0. The van der Waals surface area contributed by atoms with Crippen molar-refractivity contribution in [3.05, 3.63) is 41.4 Å². The summed E-state index contributed by atoms with van der Waals surface area (Å²) < 4.78 is 0. The van der Waals surface area contributed by atoms with Crippen LogP contribution in [0.2, 0.25) is 0 Å². The zero-order valence-electron chi connectivity index (χ0n) is 7.72. The summed E-state index contributed by atoms with van der Waals surface area (Å²) >= 11 is 4.63. The van der Waals surface area contributed by atoms with E-state index >= 15 is 0 Å². The van der Waals surface area contributed by atoms with Crippen LogP contribution in [0.15, 0.2) is 30.3 Å². The van der Waals surface area contributed by atoms with Crippen molar-refractivity contribution >= 4 is 17.2 Å². The normalized spacial score (nSPS) is 9.14. The zero-order chi connectivity index (χ0) is 9.52. The van der Waals surface area contributed by atoms with E-state index in [1.807, 2.05) is 30.3 Å². The molecule has 0 saturated heterocycles. The first kappa shape index (κ1) is 14.1. The van der Waals surface area contributed by atoms with Crippen LogP contribution in [0.25, 0.3) is 5.48 Å². The Morgan fingerprint density at radius 3 is 2.57 bits per heavy atom. The van der Waals surface area contributed by atoms with E-state index in [9.17, 15) is 0 Å². The van der Waals surface area contributed by atoms with Crippen LogP contribution in [0.1, 0.15) is 5.56 Å². The molecular formula is C9H11N2OSY-. The standard InChI is InChI=1S/C9H11N2OS.Y/c10-9(13)6-11-12-7-8-4-2-1-3-5-8;/h1-5H,6-7H2,(H2,10,13);/q-1;. The van der Waals surface area contributed by atoms with Crippen LogP contribution in [-0.2, 0) is 44.2 Å². The van der Waals surface area contributed by atoms with Crippen LogP contribution in [-0.4, -0.2) is 11.5 Å². The quantitative estimate of drug-likeness (QED) is 0.509. The van der Waals surface area contributed by atoms with Crippen LogP contribution >= 0.6 is 12.2 Å². The van der Waals surface area contributed by atoms with Crippen LogP contribution < -0.4 is 5.73 Å². The molecule has 1 rings (SSSR count). The average Bonchev–Trinajstić information content (AvgIpc) is 2.14. The molecule has 0 bridgehead atoms. The fraction of sp³-hybridized carbons (Fsp3) is 0.222. The third-order valence-electron chi connectivity index (χ3n) is 1.39. The van der Waals surface area contributed by atoms with E-state index in [0.29, 0.717) is 11.6 Å². The summed E-state index contributed by atoms with van der Waals surface area (Å²) in [4.78, 5) is 5.33. The number of hydrogen-bond acceptors (Lipinski definition) is 2. The summed E-state index contributed by atoms with van der Waals surface area (Å²) in [6.45, 7) is 0.742. The first-order chi connectivity index (χ1) is 6.29. The third kappa shape index (κ3) is 6.57. The Kier molecular flexibility index (Phi) is 8.52. The molecule has 0 amide bonds. The minimum absolute atomic E-state index is 0. The molecule has 0 heterocycles. The molecule has 2 N–H and O–H groups in total. The van der Waals surface area contributed by atoms with Crippen LogP contribution in [0.3, 0.4) is 0 Å². The van der Waals surface area contributed by atoms with Gasteiger partial charge >= 0.3 is 0 Å². The minimum atomic E-state index is 0. The van der Waals surface area contributed by atoms with Crippen LogP contribution in [0.5, 0.6) is 0 Å². The van der Waals surface area contributed by atoms with Gasteiger partial charge in [-0.3, -0.25) is 0 Å². The Morgan fingerprint density at radius 1 is 1.36 bits per heavy atom. The average molecular weight is 284 g/mol. The molecular weight excluding hydrogens is 273 g/mol. The minimum Gasteiger partial charge on any atom is -0.528 e. The number of nitrogens with two attached hydrogens (primary N) is 1. The van der Waals surface area contributed by atoms with Gasteiger partial charge in [-0.15, -0.1) is 0 Å².